The Labute approximate surface area is 116 Å². The summed E-state index contributed by atoms with van der Waals surface area (Å²) in [5.74, 6) is 0.718. The molecule has 2 unspecified atom stereocenters. The molecule has 2 rings (SSSR count). The largest absolute Gasteiger partial charge is 0.329 e. The minimum absolute atomic E-state index is 0.404. The van der Waals surface area contributed by atoms with Gasteiger partial charge < -0.3 is 5.73 Å². The van der Waals surface area contributed by atoms with E-state index in [1.165, 1.54) is 28.7 Å². The summed E-state index contributed by atoms with van der Waals surface area (Å²) in [6, 6.07) is 3.32. The molecule has 0 spiro atoms. The summed E-state index contributed by atoms with van der Waals surface area (Å²) in [6.45, 7) is 6.55. The SMILES string of the molecule is CC(C)C1CCCN1C(CN)c1cc(Br)cs1. The molecule has 96 valence electrons. The molecular formula is C13H21BrN2S. The smallest absolute Gasteiger partial charge is 0.0567 e. The molecule has 0 aliphatic carbocycles. The van der Waals surface area contributed by atoms with E-state index in [9.17, 15) is 0 Å². The van der Waals surface area contributed by atoms with Crippen LogP contribution in [0.4, 0.5) is 0 Å². The molecule has 0 saturated carbocycles. The summed E-state index contributed by atoms with van der Waals surface area (Å²) >= 11 is 5.35. The second-order valence-corrected chi connectivity index (χ2v) is 6.97. The highest BCUT2D eigenvalue weighted by Gasteiger charge is 2.33. The van der Waals surface area contributed by atoms with Gasteiger partial charge in [-0.05, 0) is 47.3 Å². The minimum atomic E-state index is 0.404. The fraction of sp³-hybridized carbons (Fsp3) is 0.692. The van der Waals surface area contributed by atoms with Gasteiger partial charge in [0, 0.05) is 27.3 Å². The van der Waals surface area contributed by atoms with Crippen molar-refractivity contribution in [2.24, 2.45) is 11.7 Å². The van der Waals surface area contributed by atoms with Crippen molar-refractivity contribution in [2.75, 3.05) is 13.1 Å². The van der Waals surface area contributed by atoms with Crippen molar-refractivity contribution in [3.05, 3.63) is 20.8 Å². The fourth-order valence-corrected chi connectivity index (χ4v) is 4.41. The Bertz CT molecular complexity index is 364. The molecule has 1 aromatic rings. The number of halogens is 1. The Morgan fingerprint density at radius 1 is 1.59 bits per heavy atom. The predicted molar refractivity (Wildman–Crippen MR) is 78.4 cm³/mol. The first-order valence-electron chi connectivity index (χ1n) is 6.33. The first-order chi connectivity index (χ1) is 8.13. The van der Waals surface area contributed by atoms with Crippen LogP contribution in [0.15, 0.2) is 15.9 Å². The summed E-state index contributed by atoms with van der Waals surface area (Å²) in [6.07, 6.45) is 2.63. The van der Waals surface area contributed by atoms with E-state index in [4.69, 9.17) is 5.73 Å². The Morgan fingerprint density at radius 2 is 2.35 bits per heavy atom. The van der Waals surface area contributed by atoms with Gasteiger partial charge in [-0.2, -0.15) is 0 Å². The Hall–Kier alpha value is 0.1000. The van der Waals surface area contributed by atoms with E-state index in [0.717, 1.165) is 12.5 Å². The molecule has 1 aliphatic heterocycles. The molecule has 1 fully saturated rings. The van der Waals surface area contributed by atoms with Crippen molar-refractivity contribution in [1.29, 1.82) is 0 Å². The highest BCUT2D eigenvalue weighted by molar-refractivity contribution is 9.10. The maximum absolute atomic E-state index is 6.01. The predicted octanol–water partition coefficient (Wildman–Crippen LogP) is 3.63. The summed E-state index contributed by atoms with van der Waals surface area (Å²) in [7, 11) is 0. The molecule has 17 heavy (non-hydrogen) atoms. The van der Waals surface area contributed by atoms with Crippen molar-refractivity contribution < 1.29 is 0 Å². The second kappa shape index (κ2) is 5.83. The molecule has 1 aliphatic rings. The number of rotatable bonds is 4. The van der Waals surface area contributed by atoms with Gasteiger partial charge in [-0.25, -0.2) is 0 Å². The topological polar surface area (TPSA) is 29.3 Å². The van der Waals surface area contributed by atoms with Gasteiger partial charge >= 0.3 is 0 Å². The quantitative estimate of drug-likeness (QED) is 0.919. The molecule has 2 N–H and O–H groups in total. The molecule has 0 radical (unpaired) electrons. The molecule has 0 aromatic carbocycles. The van der Waals surface area contributed by atoms with Crippen molar-refractivity contribution >= 4 is 27.3 Å². The van der Waals surface area contributed by atoms with Crippen molar-refractivity contribution in [3.63, 3.8) is 0 Å². The highest BCUT2D eigenvalue weighted by atomic mass is 79.9. The van der Waals surface area contributed by atoms with E-state index < -0.39 is 0 Å². The van der Waals surface area contributed by atoms with Crippen LogP contribution in [0, 0.1) is 5.92 Å². The van der Waals surface area contributed by atoms with Crippen molar-refractivity contribution in [2.45, 2.75) is 38.8 Å². The zero-order valence-corrected chi connectivity index (χ0v) is 12.9. The summed E-state index contributed by atoms with van der Waals surface area (Å²) < 4.78 is 1.18. The molecule has 0 bridgehead atoms. The van der Waals surface area contributed by atoms with E-state index in [-0.39, 0.29) is 0 Å². The van der Waals surface area contributed by atoms with Gasteiger partial charge in [0.25, 0.3) is 0 Å². The first kappa shape index (κ1) is 13.5. The minimum Gasteiger partial charge on any atom is -0.329 e. The van der Waals surface area contributed by atoms with Gasteiger partial charge in [0.1, 0.15) is 0 Å². The number of thiophene rings is 1. The maximum Gasteiger partial charge on any atom is 0.0567 e. The maximum atomic E-state index is 6.01. The van der Waals surface area contributed by atoms with Gasteiger partial charge in [0.05, 0.1) is 6.04 Å². The van der Waals surface area contributed by atoms with Crippen LogP contribution < -0.4 is 5.73 Å². The normalized spacial score (nSPS) is 23.5. The first-order valence-corrected chi connectivity index (χ1v) is 8.00. The van der Waals surface area contributed by atoms with E-state index in [0.29, 0.717) is 12.1 Å². The zero-order valence-electron chi connectivity index (χ0n) is 10.5. The Balaban J connectivity index is 2.18. The third-order valence-electron chi connectivity index (χ3n) is 3.65. The third-order valence-corrected chi connectivity index (χ3v) is 5.45. The van der Waals surface area contributed by atoms with Crippen molar-refractivity contribution in [1.82, 2.24) is 4.90 Å². The van der Waals surface area contributed by atoms with Crippen LogP contribution in [0.3, 0.4) is 0 Å². The third kappa shape index (κ3) is 2.92. The number of likely N-dealkylation sites (tertiary alicyclic amines) is 1. The number of hydrogen-bond donors (Lipinski definition) is 1. The van der Waals surface area contributed by atoms with Crippen LogP contribution >= 0.6 is 27.3 Å². The van der Waals surface area contributed by atoms with Crippen LogP contribution in [0.2, 0.25) is 0 Å². The molecule has 1 aromatic heterocycles. The Morgan fingerprint density at radius 3 is 2.88 bits per heavy atom. The lowest BCUT2D eigenvalue weighted by Crippen LogP contribution is -2.39. The van der Waals surface area contributed by atoms with Gasteiger partial charge in [0.15, 0.2) is 0 Å². The van der Waals surface area contributed by atoms with Crippen LogP contribution in [0.25, 0.3) is 0 Å². The Kier molecular flexibility index (Phi) is 4.64. The molecule has 0 amide bonds. The van der Waals surface area contributed by atoms with Gasteiger partial charge in [-0.1, -0.05) is 13.8 Å². The molecule has 2 heterocycles. The lowest BCUT2D eigenvalue weighted by atomic mass is 10.0. The molecule has 1 saturated heterocycles. The summed E-state index contributed by atoms with van der Waals surface area (Å²) in [5, 5.41) is 2.15. The second-order valence-electron chi connectivity index (χ2n) is 5.11. The molecule has 4 heteroatoms. The van der Waals surface area contributed by atoms with Crippen LogP contribution in [-0.2, 0) is 0 Å². The lowest BCUT2D eigenvalue weighted by Gasteiger charge is -2.34. The van der Waals surface area contributed by atoms with Crippen molar-refractivity contribution in [3.8, 4) is 0 Å². The number of nitrogens with two attached hydrogens (primary N) is 1. The highest BCUT2D eigenvalue weighted by Crippen LogP contribution is 2.35. The molecular weight excluding hydrogens is 296 g/mol. The number of nitrogens with zero attached hydrogens (tertiary/aromatic N) is 1. The van der Waals surface area contributed by atoms with E-state index in [1.807, 2.05) is 11.3 Å². The van der Waals surface area contributed by atoms with Crippen LogP contribution in [0.1, 0.15) is 37.6 Å². The number of hydrogen-bond acceptors (Lipinski definition) is 3. The molecule has 2 nitrogen and oxygen atoms in total. The van der Waals surface area contributed by atoms with Crippen LogP contribution in [0.5, 0.6) is 0 Å². The van der Waals surface area contributed by atoms with E-state index in [1.54, 1.807) is 0 Å². The van der Waals surface area contributed by atoms with E-state index in [2.05, 4.69) is 46.1 Å². The lowest BCUT2D eigenvalue weighted by molar-refractivity contribution is 0.151. The van der Waals surface area contributed by atoms with Gasteiger partial charge in [0.2, 0.25) is 0 Å². The summed E-state index contributed by atoms with van der Waals surface area (Å²) in [5.41, 5.74) is 6.01. The monoisotopic (exact) mass is 316 g/mol. The van der Waals surface area contributed by atoms with Gasteiger partial charge in [-0.3, -0.25) is 4.90 Å². The fourth-order valence-electron chi connectivity index (χ4n) is 2.84. The average molecular weight is 317 g/mol. The molecule has 2 atom stereocenters. The van der Waals surface area contributed by atoms with Crippen LogP contribution in [-0.4, -0.2) is 24.0 Å². The van der Waals surface area contributed by atoms with E-state index >= 15 is 0 Å². The van der Waals surface area contributed by atoms with Gasteiger partial charge in [-0.15, -0.1) is 11.3 Å². The zero-order chi connectivity index (χ0) is 12.4. The summed E-state index contributed by atoms with van der Waals surface area (Å²) in [4.78, 5) is 4.01. The standard InChI is InChI=1S/C13H21BrN2S/c1-9(2)11-4-3-5-16(11)12(7-15)13-6-10(14)8-17-13/h6,8-9,11-12H,3-5,7,15H2,1-2H3. The average Bonchev–Trinajstić information content (AvgIpc) is 2.89.